The van der Waals surface area contributed by atoms with Gasteiger partial charge >= 0.3 is 0 Å². The van der Waals surface area contributed by atoms with Crippen LogP contribution in [0.3, 0.4) is 0 Å². The van der Waals surface area contributed by atoms with Gasteiger partial charge in [0.25, 0.3) is 5.91 Å². The lowest BCUT2D eigenvalue weighted by Gasteiger charge is -2.13. The minimum Gasteiger partial charge on any atom is -0.493 e. The van der Waals surface area contributed by atoms with E-state index in [9.17, 15) is 4.79 Å². The summed E-state index contributed by atoms with van der Waals surface area (Å²) in [6.07, 6.45) is 1.54. The molecule has 5 nitrogen and oxygen atoms in total. The maximum atomic E-state index is 12.5. The first kappa shape index (κ1) is 22.6. The number of hydrogen-bond donors (Lipinski definition) is 1. The van der Waals surface area contributed by atoms with Gasteiger partial charge < -0.3 is 14.6 Å². The van der Waals surface area contributed by atoms with Crippen molar-refractivity contribution in [2.45, 2.75) is 40.2 Å². The van der Waals surface area contributed by atoms with Gasteiger partial charge in [-0.25, -0.2) is 4.98 Å². The molecule has 4 rings (SSSR count). The quantitative estimate of drug-likeness (QED) is 0.354. The topological polar surface area (TPSA) is 56.2 Å². The van der Waals surface area contributed by atoms with Gasteiger partial charge in [-0.3, -0.25) is 4.79 Å². The van der Waals surface area contributed by atoms with E-state index in [1.807, 2.05) is 49.4 Å². The zero-order chi connectivity index (χ0) is 23.2. The molecule has 0 atom stereocenters. The second-order valence-corrected chi connectivity index (χ2v) is 8.47. The summed E-state index contributed by atoms with van der Waals surface area (Å²) in [4.78, 5) is 17.3. The molecule has 0 saturated heterocycles. The van der Waals surface area contributed by atoms with Gasteiger partial charge in [-0.2, -0.15) is 0 Å². The Labute approximate surface area is 195 Å². The number of imidazole rings is 1. The van der Waals surface area contributed by atoms with Crippen LogP contribution >= 0.6 is 0 Å². The summed E-state index contributed by atoms with van der Waals surface area (Å²) in [5, 5.41) is 3.03. The molecule has 0 radical (unpaired) electrons. The van der Waals surface area contributed by atoms with Crippen molar-refractivity contribution in [2.24, 2.45) is 0 Å². The number of amides is 1. The molecular weight excluding hydrogens is 410 g/mol. The number of carbonyl (C=O) groups excluding carboxylic acids is 1. The van der Waals surface area contributed by atoms with E-state index in [0.29, 0.717) is 25.1 Å². The molecule has 33 heavy (non-hydrogen) atoms. The third-order valence-corrected chi connectivity index (χ3v) is 5.83. The van der Waals surface area contributed by atoms with E-state index in [1.54, 1.807) is 0 Å². The Bertz CT molecular complexity index is 1240. The number of rotatable bonds is 9. The van der Waals surface area contributed by atoms with Crippen molar-refractivity contribution >= 4 is 16.9 Å². The van der Waals surface area contributed by atoms with Crippen LogP contribution in [0.1, 0.15) is 39.3 Å². The molecule has 0 aliphatic heterocycles. The number of fused-ring (bicyclic) bond motifs is 1. The monoisotopic (exact) mass is 441 g/mol. The van der Waals surface area contributed by atoms with Crippen molar-refractivity contribution < 1.29 is 9.53 Å². The van der Waals surface area contributed by atoms with Gasteiger partial charge in [0.05, 0.1) is 17.6 Å². The molecule has 0 aliphatic carbocycles. The van der Waals surface area contributed by atoms with E-state index in [0.717, 1.165) is 52.3 Å². The molecule has 5 heteroatoms. The maximum absolute atomic E-state index is 12.5. The van der Waals surface area contributed by atoms with Gasteiger partial charge in [-0.05, 0) is 62.6 Å². The van der Waals surface area contributed by atoms with Gasteiger partial charge in [-0.15, -0.1) is 0 Å². The van der Waals surface area contributed by atoms with E-state index in [1.165, 1.54) is 0 Å². The summed E-state index contributed by atoms with van der Waals surface area (Å²) in [5.74, 6) is 1.91. The third kappa shape index (κ3) is 5.43. The Morgan fingerprint density at radius 2 is 1.73 bits per heavy atom. The van der Waals surface area contributed by atoms with E-state index in [2.05, 4.69) is 48.0 Å². The lowest BCUT2D eigenvalue weighted by molar-refractivity contribution is 0.0954. The summed E-state index contributed by atoms with van der Waals surface area (Å²) >= 11 is 0. The average Bonchev–Trinajstić information content (AvgIpc) is 3.15. The molecule has 1 N–H and O–H groups in total. The molecule has 1 amide bonds. The normalized spacial score (nSPS) is 11.0. The number of aryl methyl sites for hydroxylation is 4. The van der Waals surface area contributed by atoms with Crippen molar-refractivity contribution in [1.29, 1.82) is 0 Å². The molecule has 0 saturated carbocycles. The lowest BCUT2D eigenvalue weighted by Crippen LogP contribution is -2.26. The Kier molecular flexibility index (Phi) is 7.08. The van der Waals surface area contributed by atoms with Gasteiger partial charge in [0.2, 0.25) is 0 Å². The second-order valence-electron chi connectivity index (χ2n) is 8.47. The van der Waals surface area contributed by atoms with Crippen molar-refractivity contribution in [3.05, 3.63) is 94.8 Å². The van der Waals surface area contributed by atoms with Crippen LogP contribution in [0, 0.1) is 20.8 Å². The molecule has 0 spiro atoms. The number of nitrogens with zero attached hydrogens (tertiary/aromatic N) is 2. The second kappa shape index (κ2) is 10.3. The predicted molar refractivity (Wildman–Crippen MR) is 133 cm³/mol. The standard InChI is InChI=1S/C28H31N3O2/c1-20-9-6-12-23(19-20)28(32)29-16-15-26-30-24-13-4-5-14-25(24)31(26)17-8-18-33-27-21(2)10-7-11-22(27)3/h4-7,9-14,19H,8,15-18H2,1-3H3,(H,29,32). The Morgan fingerprint density at radius 3 is 2.52 bits per heavy atom. The van der Waals surface area contributed by atoms with Gasteiger partial charge in [0.1, 0.15) is 11.6 Å². The SMILES string of the molecule is Cc1cccc(C(=O)NCCc2nc3ccccc3n2CCCOc2c(C)cccc2C)c1. The van der Waals surface area contributed by atoms with Crippen molar-refractivity contribution in [2.75, 3.05) is 13.2 Å². The summed E-state index contributed by atoms with van der Waals surface area (Å²) in [6.45, 7) is 8.14. The fourth-order valence-corrected chi connectivity index (χ4v) is 4.17. The zero-order valence-electron chi connectivity index (χ0n) is 19.6. The van der Waals surface area contributed by atoms with E-state index in [-0.39, 0.29) is 5.91 Å². The van der Waals surface area contributed by atoms with Crippen LogP contribution in [0.5, 0.6) is 5.75 Å². The number of para-hydroxylation sites is 3. The molecular formula is C28H31N3O2. The van der Waals surface area contributed by atoms with Crippen LogP contribution in [0.4, 0.5) is 0 Å². The number of hydrogen-bond acceptors (Lipinski definition) is 3. The highest BCUT2D eigenvalue weighted by atomic mass is 16.5. The molecule has 0 bridgehead atoms. The third-order valence-electron chi connectivity index (χ3n) is 5.83. The van der Waals surface area contributed by atoms with Crippen LogP contribution in [-0.4, -0.2) is 28.6 Å². The van der Waals surface area contributed by atoms with Crippen molar-refractivity contribution in [3.8, 4) is 5.75 Å². The highest BCUT2D eigenvalue weighted by Crippen LogP contribution is 2.23. The van der Waals surface area contributed by atoms with Crippen molar-refractivity contribution in [3.63, 3.8) is 0 Å². The molecule has 1 aromatic heterocycles. The zero-order valence-corrected chi connectivity index (χ0v) is 19.6. The Balaban J connectivity index is 1.39. The fraction of sp³-hybridized carbons (Fsp3) is 0.286. The maximum Gasteiger partial charge on any atom is 0.251 e. The summed E-state index contributed by atoms with van der Waals surface area (Å²) < 4.78 is 8.35. The molecule has 170 valence electrons. The molecule has 0 aliphatic rings. The van der Waals surface area contributed by atoms with Gasteiger partial charge in [-0.1, -0.05) is 48.0 Å². The van der Waals surface area contributed by atoms with Crippen LogP contribution in [0.2, 0.25) is 0 Å². The van der Waals surface area contributed by atoms with Crippen LogP contribution in [0.15, 0.2) is 66.7 Å². The van der Waals surface area contributed by atoms with E-state index < -0.39 is 0 Å². The first-order valence-electron chi connectivity index (χ1n) is 11.5. The number of aromatic nitrogens is 2. The molecule has 4 aromatic rings. The number of ether oxygens (including phenoxy) is 1. The largest absolute Gasteiger partial charge is 0.493 e. The first-order valence-corrected chi connectivity index (χ1v) is 11.5. The summed E-state index contributed by atoms with van der Waals surface area (Å²) in [5.41, 5.74) is 6.18. The van der Waals surface area contributed by atoms with E-state index >= 15 is 0 Å². The number of benzene rings is 3. The highest BCUT2D eigenvalue weighted by Gasteiger charge is 2.12. The van der Waals surface area contributed by atoms with Gasteiger partial charge in [0.15, 0.2) is 0 Å². The highest BCUT2D eigenvalue weighted by molar-refractivity contribution is 5.94. The van der Waals surface area contributed by atoms with Crippen LogP contribution in [-0.2, 0) is 13.0 Å². The molecule has 1 heterocycles. The number of nitrogens with one attached hydrogen (secondary N) is 1. The van der Waals surface area contributed by atoms with Crippen molar-refractivity contribution in [1.82, 2.24) is 14.9 Å². The minimum atomic E-state index is -0.0524. The summed E-state index contributed by atoms with van der Waals surface area (Å²) in [6, 6.07) is 22.0. The van der Waals surface area contributed by atoms with Crippen LogP contribution < -0.4 is 10.1 Å². The molecule has 3 aromatic carbocycles. The fourth-order valence-electron chi connectivity index (χ4n) is 4.17. The Morgan fingerprint density at radius 1 is 0.970 bits per heavy atom. The molecule has 0 fully saturated rings. The minimum absolute atomic E-state index is 0.0524. The first-order chi connectivity index (χ1) is 16.0. The lowest BCUT2D eigenvalue weighted by atomic mass is 10.1. The van der Waals surface area contributed by atoms with Crippen LogP contribution in [0.25, 0.3) is 11.0 Å². The molecule has 0 unspecified atom stereocenters. The smallest absolute Gasteiger partial charge is 0.251 e. The average molecular weight is 442 g/mol. The van der Waals surface area contributed by atoms with Gasteiger partial charge in [0, 0.05) is 25.1 Å². The van der Waals surface area contributed by atoms with E-state index in [4.69, 9.17) is 9.72 Å². The summed E-state index contributed by atoms with van der Waals surface area (Å²) in [7, 11) is 0. The Hall–Kier alpha value is -3.60. The number of carbonyl (C=O) groups is 1. The predicted octanol–water partition coefficient (Wildman–Crippen LogP) is 5.40.